The predicted octanol–water partition coefficient (Wildman–Crippen LogP) is 6.00. The molecule has 0 radical (unpaired) electrons. The molecule has 0 aliphatic carbocycles. The van der Waals surface area contributed by atoms with Gasteiger partial charge in [0.05, 0.1) is 11.2 Å². The van der Waals surface area contributed by atoms with Crippen LogP contribution in [0.25, 0.3) is 44.6 Å². The molecule has 0 atom stereocenters. The Balaban J connectivity index is 0.000000422. The first-order valence-electron chi connectivity index (χ1n) is 15.8. The second-order valence-corrected chi connectivity index (χ2v) is 11.8. The molecule has 0 unspecified atom stereocenters. The normalized spacial score (nSPS) is 14.0. The molecule has 3 aliphatic heterocycles. The molecule has 3 aromatic rings. The average Bonchev–Trinajstić information content (AvgIpc) is 3.54. The van der Waals surface area contributed by atoms with Gasteiger partial charge in [-0.25, -0.2) is 4.39 Å². The van der Waals surface area contributed by atoms with Crippen LogP contribution in [0.4, 0.5) is 10.1 Å². The van der Waals surface area contributed by atoms with Crippen LogP contribution in [-0.2, 0) is 4.74 Å². The molecule has 0 spiro atoms. The van der Waals surface area contributed by atoms with Gasteiger partial charge in [0.15, 0.2) is 28.6 Å². The highest BCUT2D eigenvalue weighted by Crippen LogP contribution is 2.40. The second-order valence-electron chi connectivity index (χ2n) is 11.8. The minimum atomic E-state index is -0.703. The number of anilines is 1. The fraction of sp³-hybridized carbons (Fsp3) is 0.361. The molecular weight excluding hydrogens is 581 g/mol. The molecule has 1 saturated heterocycles. The minimum absolute atomic E-state index is 0.150. The average molecular weight is 630 g/mol. The van der Waals surface area contributed by atoms with E-state index >= 15 is 4.39 Å². The summed E-state index contributed by atoms with van der Waals surface area (Å²) in [5.74, 6) is 0.357. The van der Waals surface area contributed by atoms with Gasteiger partial charge in [-0.3, -0.25) is 10.7 Å². The van der Waals surface area contributed by atoms with Crippen molar-refractivity contribution in [3.8, 4) is 5.69 Å². The van der Waals surface area contributed by atoms with Crippen LogP contribution in [0, 0.1) is 5.82 Å². The van der Waals surface area contributed by atoms with Crippen molar-refractivity contribution >= 4 is 50.4 Å². The summed E-state index contributed by atoms with van der Waals surface area (Å²) >= 11 is 0. The van der Waals surface area contributed by atoms with Gasteiger partial charge in [-0.05, 0) is 87.9 Å². The molecule has 1 fully saturated rings. The van der Waals surface area contributed by atoms with Crippen molar-refractivity contribution in [2.75, 3.05) is 31.6 Å². The highest BCUT2D eigenvalue weighted by molar-refractivity contribution is 6.05. The fourth-order valence-corrected chi connectivity index (χ4v) is 5.86. The third-order valence-corrected chi connectivity index (χ3v) is 7.74. The molecule has 3 aromatic carbocycles. The standard InChI is InChI=1S/C30H31FN4O.C5H12N2O.CH5N/c1-3-5-12-33-30(32)23-18-35-25-15-19-10-6-7-11-20(19)16-26(25)36-29-27(35)22(21(23)4-2)17-24(31)28(29)34-13-8-9-14-34;1-4(6)8-5(2,3)7;1-2/h4,6-7,10-11,15-18H,3,5,8-9,12-14H2,1-2H3,(H2,32,33);1,6-7H2,2-3H3;2H2,1H3/b21-4+;;. The number of fused-ring (bicyclic) bond motifs is 3. The summed E-state index contributed by atoms with van der Waals surface area (Å²) in [5.41, 5.74) is 25.2. The predicted molar refractivity (Wildman–Crippen MR) is 191 cm³/mol. The van der Waals surface area contributed by atoms with E-state index in [0.29, 0.717) is 29.2 Å². The number of halogens is 1. The number of unbranched alkanes of at least 4 members (excludes halogenated alkanes) is 1. The third kappa shape index (κ3) is 7.29. The molecular formula is C36H48FN7O2. The zero-order valence-corrected chi connectivity index (χ0v) is 27.7. The van der Waals surface area contributed by atoms with Gasteiger partial charge in [-0.1, -0.05) is 43.7 Å². The van der Waals surface area contributed by atoms with Gasteiger partial charge in [-0.2, -0.15) is 0 Å². The number of nitrogens with two attached hydrogens (primary N) is 4. The highest BCUT2D eigenvalue weighted by Gasteiger charge is 2.27. The molecule has 10 heteroatoms. The first-order chi connectivity index (χ1) is 22.0. The Bertz CT molecular complexity index is 1890. The van der Waals surface area contributed by atoms with E-state index in [1.54, 1.807) is 19.9 Å². The van der Waals surface area contributed by atoms with E-state index in [-0.39, 0.29) is 11.7 Å². The van der Waals surface area contributed by atoms with Gasteiger partial charge in [0.25, 0.3) is 0 Å². The Morgan fingerprint density at radius 2 is 1.74 bits per heavy atom. The monoisotopic (exact) mass is 629 g/mol. The van der Waals surface area contributed by atoms with Gasteiger partial charge in [0.1, 0.15) is 11.5 Å². The second kappa shape index (κ2) is 14.7. The maximum Gasteiger partial charge on any atom is 0.179 e. The quantitative estimate of drug-likeness (QED) is 0.0329. The number of hydrogen-bond donors (Lipinski definition) is 4. The molecule has 246 valence electrons. The maximum atomic E-state index is 15.9. The van der Waals surface area contributed by atoms with E-state index in [4.69, 9.17) is 26.4 Å². The fourth-order valence-electron chi connectivity index (χ4n) is 5.86. The Kier molecular flexibility index (Phi) is 11.0. The highest BCUT2D eigenvalue weighted by atomic mass is 19.1. The van der Waals surface area contributed by atoms with Crippen LogP contribution >= 0.6 is 0 Å². The largest absolute Gasteiger partial charge is 0.460 e. The summed E-state index contributed by atoms with van der Waals surface area (Å²) < 4.78 is 29.4. The van der Waals surface area contributed by atoms with E-state index in [2.05, 4.69) is 51.9 Å². The third-order valence-electron chi connectivity index (χ3n) is 7.74. The van der Waals surface area contributed by atoms with Crippen molar-refractivity contribution in [1.82, 2.24) is 4.57 Å². The van der Waals surface area contributed by atoms with Gasteiger partial charge >= 0.3 is 0 Å². The van der Waals surface area contributed by atoms with Gasteiger partial charge in [0.2, 0.25) is 0 Å². The lowest BCUT2D eigenvalue weighted by Gasteiger charge is -2.26. The Morgan fingerprint density at radius 3 is 2.30 bits per heavy atom. The lowest BCUT2D eigenvalue weighted by Crippen LogP contribution is -2.36. The summed E-state index contributed by atoms with van der Waals surface area (Å²) in [7, 11) is 1.50. The lowest BCUT2D eigenvalue weighted by atomic mass is 10.0. The molecule has 0 bridgehead atoms. The number of ether oxygens (including phenoxy) is 1. The van der Waals surface area contributed by atoms with Crippen LogP contribution in [0.1, 0.15) is 58.9 Å². The Morgan fingerprint density at radius 1 is 1.09 bits per heavy atom. The Labute approximate surface area is 270 Å². The summed E-state index contributed by atoms with van der Waals surface area (Å²) in [4.78, 5) is 6.77. The number of benzene rings is 3. The molecule has 8 N–H and O–H groups in total. The molecule has 0 aromatic heterocycles. The van der Waals surface area contributed by atoms with Crippen LogP contribution in [0.3, 0.4) is 0 Å². The van der Waals surface area contributed by atoms with E-state index in [1.807, 2.05) is 37.4 Å². The molecule has 3 aliphatic rings. The van der Waals surface area contributed by atoms with Crippen LogP contribution in [0.15, 0.2) is 70.5 Å². The smallest absolute Gasteiger partial charge is 0.179 e. The Hall–Kier alpha value is -4.54. The maximum absolute atomic E-state index is 15.9. The zero-order chi connectivity index (χ0) is 33.6. The molecule has 9 nitrogen and oxygen atoms in total. The number of pyridine rings is 1. The van der Waals surface area contributed by atoms with Crippen molar-refractivity contribution in [1.29, 1.82) is 0 Å². The number of nitrogens with zero attached hydrogens (tertiary/aromatic N) is 3. The molecule has 6 rings (SSSR count). The van der Waals surface area contributed by atoms with Crippen molar-refractivity contribution in [3.63, 3.8) is 0 Å². The van der Waals surface area contributed by atoms with E-state index in [9.17, 15) is 0 Å². The SMILES string of the molecule is C/C=c1/c(C(N)=NCCCC)cn2c3cc4ccccc4cc3oc3c(N4CCCC4)c(F)cc1c3-2.C=C(N)OC(C)(C)N.CN. The van der Waals surface area contributed by atoms with Crippen molar-refractivity contribution in [2.24, 2.45) is 27.9 Å². The number of aliphatic imine (C=N–C) groups is 1. The van der Waals surface area contributed by atoms with Crippen LogP contribution < -0.4 is 33.1 Å². The van der Waals surface area contributed by atoms with Crippen molar-refractivity contribution < 1.29 is 13.5 Å². The van der Waals surface area contributed by atoms with Crippen molar-refractivity contribution in [3.05, 3.63) is 77.7 Å². The van der Waals surface area contributed by atoms with Gasteiger partial charge < -0.3 is 35.8 Å². The number of amidine groups is 1. The minimum Gasteiger partial charge on any atom is -0.460 e. The first kappa shape index (κ1) is 34.3. The number of rotatable bonds is 7. The van der Waals surface area contributed by atoms with Gasteiger partial charge in [0, 0.05) is 36.8 Å². The van der Waals surface area contributed by atoms with Crippen molar-refractivity contribution in [2.45, 2.75) is 59.1 Å². The summed E-state index contributed by atoms with van der Waals surface area (Å²) in [5, 5.41) is 3.84. The van der Waals surface area contributed by atoms with Gasteiger partial charge in [-0.15, -0.1) is 0 Å². The van der Waals surface area contributed by atoms with Crippen LogP contribution in [-0.4, -0.2) is 42.8 Å². The van der Waals surface area contributed by atoms with E-state index < -0.39 is 5.72 Å². The van der Waals surface area contributed by atoms with E-state index in [1.165, 1.54) is 7.05 Å². The summed E-state index contributed by atoms with van der Waals surface area (Å²) in [6.45, 7) is 13.1. The number of hydrogen-bond acceptors (Lipinski definition) is 7. The zero-order valence-electron chi connectivity index (χ0n) is 27.7. The molecule has 46 heavy (non-hydrogen) atoms. The summed E-state index contributed by atoms with van der Waals surface area (Å²) in [6.07, 6.45) is 8.16. The molecule has 0 amide bonds. The van der Waals surface area contributed by atoms with E-state index in [0.717, 1.165) is 76.9 Å². The molecule has 0 saturated carbocycles. The summed E-state index contributed by atoms with van der Waals surface area (Å²) in [6, 6.07) is 14.0. The lowest BCUT2D eigenvalue weighted by molar-refractivity contribution is 0.0403. The first-order valence-corrected chi connectivity index (χ1v) is 15.8. The molecule has 3 heterocycles. The van der Waals surface area contributed by atoms with Crippen LogP contribution in [0.5, 0.6) is 0 Å². The van der Waals surface area contributed by atoms with Crippen LogP contribution in [0.2, 0.25) is 0 Å². The number of aromatic nitrogens is 1. The topological polar surface area (TPSA) is 147 Å².